The summed E-state index contributed by atoms with van der Waals surface area (Å²) < 4.78 is 7.09. The van der Waals surface area contributed by atoms with E-state index in [0.717, 1.165) is 11.3 Å². The Balaban J connectivity index is 1.81. The average molecular weight is 392 g/mol. The van der Waals surface area contributed by atoms with Crippen LogP contribution in [0.4, 0.5) is 11.4 Å². The smallest absolute Gasteiger partial charge is 0.259 e. The average Bonchev–Trinajstić information content (AvgIpc) is 3.11. The van der Waals surface area contributed by atoms with E-state index in [1.807, 2.05) is 41.9 Å². The van der Waals surface area contributed by atoms with E-state index in [4.69, 9.17) is 4.74 Å². The summed E-state index contributed by atoms with van der Waals surface area (Å²) >= 11 is 0. The Labute approximate surface area is 169 Å². The second-order valence-electron chi connectivity index (χ2n) is 6.55. The predicted molar refractivity (Wildman–Crippen MR) is 112 cm³/mol. The molecule has 3 rings (SSSR count). The van der Waals surface area contributed by atoms with Crippen molar-refractivity contribution < 1.29 is 14.3 Å². The van der Waals surface area contributed by atoms with Crippen LogP contribution >= 0.6 is 0 Å². The molecular weight excluding hydrogens is 368 g/mol. The van der Waals surface area contributed by atoms with Gasteiger partial charge < -0.3 is 15.4 Å². The Morgan fingerprint density at radius 3 is 2.52 bits per heavy atom. The molecule has 0 unspecified atom stereocenters. The van der Waals surface area contributed by atoms with Crippen molar-refractivity contribution in [3.05, 3.63) is 71.5 Å². The Hall–Kier alpha value is -3.61. The predicted octanol–water partition coefficient (Wildman–Crippen LogP) is 3.71. The molecule has 29 heavy (non-hydrogen) atoms. The highest BCUT2D eigenvalue weighted by molar-refractivity contribution is 6.05. The second-order valence-corrected chi connectivity index (χ2v) is 6.55. The third kappa shape index (κ3) is 4.82. The maximum absolute atomic E-state index is 12.9. The van der Waals surface area contributed by atoms with Crippen molar-refractivity contribution in [2.75, 3.05) is 17.7 Å². The lowest BCUT2D eigenvalue weighted by molar-refractivity contribution is -0.114. The molecule has 7 nitrogen and oxygen atoms in total. The van der Waals surface area contributed by atoms with E-state index in [1.165, 1.54) is 14.0 Å². The van der Waals surface area contributed by atoms with Crippen molar-refractivity contribution in [1.29, 1.82) is 0 Å². The summed E-state index contributed by atoms with van der Waals surface area (Å²) in [5.74, 6) is 0.0467. The molecular formula is C22H24N4O3. The van der Waals surface area contributed by atoms with Gasteiger partial charge in [-0.2, -0.15) is 5.10 Å². The minimum atomic E-state index is -0.250. The molecule has 0 fully saturated rings. The maximum Gasteiger partial charge on any atom is 0.259 e. The first-order chi connectivity index (χ1) is 14.0. The second kappa shape index (κ2) is 9.05. The molecule has 0 atom stereocenters. The van der Waals surface area contributed by atoms with Crippen LogP contribution in [0.3, 0.4) is 0 Å². The molecule has 2 N–H and O–H groups in total. The van der Waals surface area contributed by atoms with Gasteiger partial charge in [0.2, 0.25) is 5.91 Å². The maximum atomic E-state index is 12.9. The van der Waals surface area contributed by atoms with E-state index in [9.17, 15) is 9.59 Å². The van der Waals surface area contributed by atoms with E-state index in [0.29, 0.717) is 35.7 Å². The van der Waals surface area contributed by atoms with Gasteiger partial charge in [-0.3, -0.25) is 14.3 Å². The van der Waals surface area contributed by atoms with E-state index in [-0.39, 0.29) is 11.8 Å². The Morgan fingerprint density at radius 2 is 1.86 bits per heavy atom. The molecule has 2 aromatic carbocycles. The fourth-order valence-corrected chi connectivity index (χ4v) is 3.14. The molecule has 0 saturated carbocycles. The minimum Gasteiger partial charge on any atom is -0.495 e. The van der Waals surface area contributed by atoms with Crippen molar-refractivity contribution in [2.24, 2.45) is 0 Å². The first-order valence-electron chi connectivity index (χ1n) is 9.37. The molecule has 0 aliphatic heterocycles. The Morgan fingerprint density at radius 1 is 1.10 bits per heavy atom. The highest BCUT2D eigenvalue weighted by Gasteiger charge is 2.17. The van der Waals surface area contributed by atoms with Crippen molar-refractivity contribution in [3.8, 4) is 5.75 Å². The number of anilines is 2. The van der Waals surface area contributed by atoms with Gasteiger partial charge in [-0.15, -0.1) is 0 Å². The van der Waals surface area contributed by atoms with Gasteiger partial charge >= 0.3 is 0 Å². The zero-order valence-corrected chi connectivity index (χ0v) is 16.7. The highest BCUT2D eigenvalue weighted by Crippen LogP contribution is 2.28. The van der Waals surface area contributed by atoms with Gasteiger partial charge in [-0.25, -0.2) is 0 Å². The summed E-state index contributed by atoms with van der Waals surface area (Å²) in [6, 6.07) is 15.1. The highest BCUT2D eigenvalue weighted by atomic mass is 16.5. The Kier molecular flexibility index (Phi) is 6.29. The SMILES string of the molecule is CCc1c(C(=O)Nc2ccc(OC)c(NC(C)=O)c2)cnn1Cc1ccccc1. The molecule has 3 aromatic rings. The lowest BCUT2D eigenvalue weighted by Gasteiger charge is -2.12. The number of nitrogens with zero attached hydrogens (tertiary/aromatic N) is 2. The van der Waals surface area contributed by atoms with Crippen molar-refractivity contribution >= 4 is 23.2 Å². The van der Waals surface area contributed by atoms with Gasteiger partial charge in [-0.05, 0) is 30.2 Å². The number of hydrogen-bond acceptors (Lipinski definition) is 4. The molecule has 0 aliphatic carbocycles. The number of aromatic nitrogens is 2. The van der Waals surface area contributed by atoms with Crippen LogP contribution in [-0.4, -0.2) is 28.7 Å². The molecule has 7 heteroatoms. The zero-order chi connectivity index (χ0) is 20.8. The summed E-state index contributed by atoms with van der Waals surface area (Å²) in [6.07, 6.45) is 2.27. The van der Waals surface area contributed by atoms with Gasteiger partial charge in [-0.1, -0.05) is 37.3 Å². The quantitative estimate of drug-likeness (QED) is 0.642. The van der Waals surface area contributed by atoms with Crippen LogP contribution < -0.4 is 15.4 Å². The molecule has 150 valence electrons. The largest absolute Gasteiger partial charge is 0.495 e. The molecule has 0 spiro atoms. The first kappa shape index (κ1) is 20.1. The van der Waals surface area contributed by atoms with Crippen LogP contribution in [0.5, 0.6) is 5.75 Å². The van der Waals surface area contributed by atoms with E-state index in [2.05, 4.69) is 15.7 Å². The fourth-order valence-electron chi connectivity index (χ4n) is 3.14. The molecule has 0 radical (unpaired) electrons. The fraction of sp³-hybridized carbons (Fsp3) is 0.227. The number of methoxy groups -OCH3 is 1. The van der Waals surface area contributed by atoms with Crippen LogP contribution in [0.2, 0.25) is 0 Å². The molecule has 1 aromatic heterocycles. The van der Waals surface area contributed by atoms with Gasteiger partial charge in [0.05, 0.1) is 36.8 Å². The van der Waals surface area contributed by atoms with Crippen molar-refractivity contribution in [3.63, 3.8) is 0 Å². The van der Waals surface area contributed by atoms with Crippen LogP contribution in [0.1, 0.15) is 35.5 Å². The third-order valence-electron chi connectivity index (χ3n) is 4.47. The monoisotopic (exact) mass is 392 g/mol. The number of rotatable bonds is 7. The molecule has 0 saturated heterocycles. The third-order valence-corrected chi connectivity index (χ3v) is 4.47. The molecule has 0 bridgehead atoms. The number of ether oxygens (including phenoxy) is 1. The number of nitrogens with one attached hydrogen (secondary N) is 2. The number of carbonyl (C=O) groups is 2. The zero-order valence-electron chi connectivity index (χ0n) is 16.7. The normalized spacial score (nSPS) is 10.4. The standard InChI is InChI=1S/C22H24N4O3/c1-4-20-18(13-23-26(20)14-16-8-6-5-7-9-16)22(28)25-17-10-11-21(29-3)19(12-17)24-15(2)27/h5-13H,4,14H2,1-3H3,(H,24,27)(H,25,28). The van der Waals surface area contributed by atoms with Crippen LogP contribution in [0, 0.1) is 0 Å². The topological polar surface area (TPSA) is 85.2 Å². The van der Waals surface area contributed by atoms with Gasteiger partial charge in [0.25, 0.3) is 5.91 Å². The van der Waals surface area contributed by atoms with Gasteiger partial charge in [0, 0.05) is 12.6 Å². The molecule has 1 heterocycles. The molecule has 2 amide bonds. The number of benzene rings is 2. The summed E-state index contributed by atoms with van der Waals surface area (Å²) in [5, 5.41) is 9.98. The number of hydrogen-bond donors (Lipinski definition) is 2. The summed E-state index contributed by atoms with van der Waals surface area (Å²) in [5.41, 5.74) is 3.56. The lowest BCUT2D eigenvalue weighted by atomic mass is 10.1. The van der Waals surface area contributed by atoms with Crippen molar-refractivity contribution in [1.82, 2.24) is 9.78 Å². The Bertz CT molecular complexity index is 1010. The van der Waals surface area contributed by atoms with Crippen LogP contribution in [-0.2, 0) is 17.8 Å². The number of carbonyl (C=O) groups excluding carboxylic acids is 2. The number of amides is 2. The lowest BCUT2D eigenvalue weighted by Crippen LogP contribution is -2.15. The van der Waals surface area contributed by atoms with Gasteiger partial charge in [0.1, 0.15) is 5.75 Å². The summed E-state index contributed by atoms with van der Waals surface area (Å²) in [7, 11) is 1.52. The van der Waals surface area contributed by atoms with Crippen LogP contribution in [0.25, 0.3) is 0 Å². The summed E-state index contributed by atoms with van der Waals surface area (Å²) in [4.78, 5) is 24.3. The van der Waals surface area contributed by atoms with Crippen LogP contribution in [0.15, 0.2) is 54.7 Å². The van der Waals surface area contributed by atoms with Crippen molar-refractivity contribution in [2.45, 2.75) is 26.8 Å². The first-order valence-corrected chi connectivity index (χ1v) is 9.37. The van der Waals surface area contributed by atoms with E-state index < -0.39 is 0 Å². The van der Waals surface area contributed by atoms with E-state index >= 15 is 0 Å². The van der Waals surface area contributed by atoms with Gasteiger partial charge in [0.15, 0.2) is 0 Å². The molecule has 0 aliphatic rings. The minimum absolute atomic E-state index is 0.220. The summed E-state index contributed by atoms with van der Waals surface area (Å²) in [6.45, 7) is 4.02. The van der Waals surface area contributed by atoms with E-state index in [1.54, 1.807) is 24.4 Å².